The number of hydrogen-bond acceptors (Lipinski definition) is 2. The second-order valence-electron chi connectivity index (χ2n) is 10.2. The Balaban J connectivity index is 1.52. The van der Waals surface area contributed by atoms with Crippen molar-refractivity contribution in [3.8, 4) is 16.9 Å². The third-order valence-corrected chi connectivity index (χ3v) is 7.20. The minimum Gasteiger partial charge on any atom is -0.429 e. The molecule has 0 bridgehead atoms. The fraction of sp³-hybridized carbons (Fsp3) is 0.400. The lowest BCUT2D eigenvalue weighted by molar-refractivity contribution is -0.189. The van der Waals surface area contributed by atoms with Crippen LogP contribution in [0.3, 0.4) is 0 Å². The predicted molar refractivity (Wildman–Crippen MR) is 133 cm³/mol. The van der Waals surface area contributed by atoms with Crippen molar-refractivity contribution >= 4 is 0 Å². The van der Waals surface area contributed by atoms with E-state index in [1.54, 1.807) is 6.07 Å². The molecule has 0 aromatic heterocycles. The number of halogens is 10. The first-order valence-electron chi connectivity index (χ1n) is 13.2. The summed E-state index contributed by atoms with van der Waals surface area (Å²) in [5, 5.41) is 0. The van der Waals surface area contributed by atoms with Gasteiger partial charge in [-0.15, -0.1) is 0 Å². The highest BCUT2D eigenvalue weighted by Crippen LogP contribution is 2.41. The largest absolute Gasteiger partial charge is 0.432 e. The predicted octanol–water partition coefficient (Wildman–Crippen LogP) is 9.90. The van der Waals surface area contributed by atoms with Crippen LogP contribution in [0.15, 0.2) is 42.5 Å². The van der Waals surface area contributed by atoms with Crippen LogP contribution in [0.25, 0.3) is 11.1 Å². The van der Waals surface area contributed by atoms with E-state index < -0.39 is 63.8 Å². The molecule has 1 aliphatic rings. The van der Waals surface area contributed by atoms with Gasteiger partial charge in [0.25, 0.3) is 0 Å². The summed E-state index contributed by atoms with van der Waals surface area (Å²) in [6.07, 6.45) is -6.04. The molecule has 0 aliphatic heterocycles. The zero-order chi connectivity index (χ0) is 30.8. The van der Waals surface area contributed by atoms with Crippen molar-refractivity contribution in [1.29, 1.82) is 0 Å². The lowest BCUT2D eigenvalue weighted by atomic mass is 9.78. The highest BCUT2D eigenvalue weighted by Gasteiger charge is 2.43. The average molecular weight is 609 g/mol. The molecule has 0 amide bonds. The molecule has 12 heteroatoms. The van der Waals surface area contributed by atoms with Crippen LogP contribution >= 0.6 is 0 Å². The maximum atomic E-state index is 15.1. The molecule has 42 heavy (non-hydrogen) atoms. The van der Waals surface area contributed by atoms with E-state index in [9.17, 15) is 39.5 Å². The van der Waals surface area contributed by atoms with Crippen molar-refractivity contribution in [2.45, 2.75) is 57.2 Å². The van der Waals surface area contributed by atoms with Crippen LogP contribution in [0.1, 0.15) is 61.6 Å². The number of ether oxygens (including phenoxy) is 2. The molecule has 0 radical (unpaired) electrons. The normalized spacial score (nSPS) is 17.9. The summed E-state index contributed by atoms with van der Waals surface area (Å²) in [6.45, 7) is 3.39. The molecule has 0 saturated heterocycles. The molecule has 1 aliphatic carbocycles. The summed E-state index contributed by atoms with van der Waals surface area (Å²) in [5.74, 6) is -10.1. The Labute approximate surface area is 235 Å². The molecule has 1 fully saturated rings. The van der Waals surface area contributed by atoms with Crippen LogP contribution in [0.5, 0.6) is 5.75 Å². The molecule has 2 nitrogen and oxygen atoms in total. The smallest absolute Gasteiger partial charge is 0.429 e. The van der Waals surface area contributed by atoms with Crippen molar-refractivity contribution in [3.05, 3.63) is 88.2 Å². The molecule has 228 valence electrons. The van der Waals surface area contributed by atoms with Crippen LogP contribution in [0.4, 0.5) is 43.9 Å². The Morgan fingerprint density at radius 2 is 1.29 bits per heavy atom. The highest BCUT2D eigenvalue weighted by atomic mass is 19.4. The standard InChI is InChI=1S/C30H26F10O2/c1-2-9-41-15-16-3-5-17(6-4-16)18-7-8-21(22(31)10-18)19-11-23(32)28(24(33)12-19)30(39,40)42-20-13-25(34)27(26(35)14-20)29(36,37)38/h7-8,10-14,16-17H,2-6,9,15H2,1H3. The molecule has 0 heterocycles. The average Bonchev–Trinajstić information content (AvgIpc) is 2.87. The molecular weight excluding hydrogens is 582 g/mol. The van der Waals surface area contributed by atoms with Gasteiger partial charge in [-0.3, -0.25) is 0 Å². The third kappa shape index (κ3) is 7.02. The summed E-state index contributed by atoms with van der Waals surface area (Å²) in [5.41, 5.74) is -4.31. The number of rotatable bonds is 9. The van der Waals surface area contributed by atoms with Crippen molar-refractivity contribution in [2.75, 3.05) is 13.2 Å². The summed E-state index contributed by atoms with van der Waals surface area (Å²) in [7, 11) is 0. The first-order chi connectivity index (χ1) is 19.7. The van der Waals surface area contributed by atoms with Gasteiger partial charge < -0.3 is 9.47 Å². The SMILES string of the molecule is CCCOCC1CCC(c2ccc(-c3cc(F)c(C(F)(F)Oc4cc(F)c(C(F)(F)F)c(F)c4)c(F)c3)c(F)c2)CC1. The molecular formula is C30H26F10O2. The Hall–Kier alpha value is -3.28. The summed E-state index contributed by atoms with van der Waals surface area (Å²) in [4.78, 5) is 0. The van der Waals surface area contributed by atoms with Gasteiger partial charge >= 0.3 is 12.3 Å². The van der Waals surface area contributed by atoms with Gasteiger partial charge in [-0.05, 0) is 73.3 Å². The topological polar surface area (TPSA) is 18.5 Å². The van der Waals surface area contributed by atoms with Gasteiger partial charge in [0.15, 0.2) is 0 Å². The molecule has 3 aromatic rings. The maximum absolute atomic E-state index is 15.1. The molecule has 0 spiro atoms. The summed E-state index contributed by atoms with van der Waals surface area (Å²) >= 11 is 0. The lowest BCUT2D eigenvalue weighted by Gasteiger charge is -2.29. The second-order valence-corrected chi connectivity index (χ2v) is 10.2. The Kier molecular flexibility index (Phi) is 9.44. The van der Waals surface area contributed by atoms with Gasteiger partial charge in [0.2, 0.25) is 0 Å². The molecule has 4 rings (SSSR count). The molecule has 0 unspecified atom stereocenters. The van der Waals surface area contributed by atoms with Crippen molar-refractivity contribution in [2.24, 2.45) is 5.92 Å². The van der Waals surface area contributed by atoms with E-state index in [2.05, 4.69) is 4.74 Å². The van der Waals surface area contributed by atoms with E-state index in [4.69, 9.17) is 4.74 Å². The van der Waals surface area contributed by atoms with E-state index in [1.165, 1.54) is 12.1 Å². The van der Waals surface area contributed by atoms with Crippen LogP contribution < -0.4 is 4.74 Å². The fourth-order valence-corrected chi connectivity index (χ4v) is 5.16. The second kappa shape index (κ2) is 12.5. The Bertz CT molecular complexity index is 1370. The van der Waals surface area contributed by atoms with Crippen LogP contribution in [0, 0.1) is 35.0 Å². The van der Waals surface area contributed by atoms with Gasteiger partial charge in [0.05, 0.1) is 0 Å². The molecule has 0 N–H and O–H groups in total. The van der Waals surface area contributed by atoms with Crippen LogP contribution in [0.2, 0.25) is 0 Å². The van der Waals surface area contributed by atoms with Crippen molar-refractivity contribution in [1.82, 2.24) is 0 Å². The lowest BCUT2D eigenvalue weighted by Crippen LogP contribution is -2.25. The Morgan fingerprint density at radius 1 is 0.714 bits per heavy atom. The molecule has 0 atom stereocenters. The minimum absolute atomic E-state index is 0.0718. The van der Waals surface area contributed by atoms with E-state index in [-0.39, 0.29) is 23.6 Å². The fourth-order valence-electron chi connectivity index (χ4n) is 5.16. The number of alkyl halides is 5. The van der Waals surface area contributed by atoms with Gasteiger partial charge in [0, 0.05) is 30.9 Å². The maximum Gasteiger partial charge on any atom is 0.432 e. The number of hydrogen-bond donors (Lipinski definition) is 0. The van der Waals surface area contributed by atoms with Crippen molar-refractivity contribution in [3.63, 3.8) is 0 Å². The van der Waals surface area contributed by atoms with E-state index >= 15 is 4.39 Å². The molecule has 3 aromatic carbocycles. The number of benzene rings is 3. The quantitative estimate of drug-likeness (QED) is 0.178. The monoisotopic (exact) mass is 608 g/mol. The first kappa shape index (κ1) is 31.7. The minimum atomic E-state index is -5.47. The van der Waals surface area contributed by atoms with Gasteiger partial charge in [-0.2, -0.15) is 22.0 Å². The third-order valence-electron chi connectivity index (χ3n) is 7.20. The van der Waals surface area contributed by atoms with Gasteiger partial charge in [0.1, 0.15) is 46.0 Å². The van der Waals surface area contributed by atoms with E-state index in [1.807, 2.05) is 6.92 Å². The van der Waals surface area contributed by atoms with E-state index in [0.717, 1.165) is 32.1 Å². The highest BCUT2D eigenvalue weighted by molar-refractivity contribution is 5.65. The van der Waals surface area contributed by atoms with Crippen molar-refractivity contribution < 1.29 is 53.4 Å². The van der Waals surface area contributed by atoms with Crippen LogP contribution in [-0.4, -0.2) is 13.2 Å². The Morgan fingerprint density at radius 3 is 1.81 bits per heavy atom. The zero-order valence-electron chi connectivity index (χ0n) is 22.2. The summed E-state index contributed by atoms with van der Waals surface area (Å²) < 4.78 is 149. The van der Waals surface area contributed by atoms with Crippen LogP contribution in [-0.2, 0) is 17.0 Å². The van der Waals surface area contributed by atoms with Gasteiger partial charge in [-0.1, -0.05) is 19.1 Å². The first-order valence-corrected chi connectivity index (χ1v) is 13.2. The summed E-state index contributed by atoms with van der Waals surface area (Å²) in [6, 6.07) is 4.63. The van der Waals surface area contributed by atoms with E-state index in [0.29, 0.717) is 36.8 Å². The molecule has 1 saturated carbocycles. The zero-order valence-corrected chi connectivity index (χ0v) is 22.2. The van der Waals surface area contributed by atoms with Gasteiger partial charge in [-0.25, -0.2) is 22.0 Å².